The predicted molar refractivity (Wildman–Crippen MR) is 225 cm³/mol. The molecule has 0 aliphatic rings. The molecule has 4 unspecified atom stereocenters. The average Bonchev–Trinajstić information content (AvgIpc) is 3.07. The zero-order valence-electron chi connectivity index (χ0n) is 35.2. The first-order valence-corrected chi connectivity index (χ1v) is 26.5. The van der Waals surface area contributed by atoms with Crippen LogP contribution in [0.2, 0.25) is 0 Å². The lowest BCUT2D eigenvalue weighted by Gasteiger charge is -2.79. The third-order valence-electron chi connectivity index (χ3n) is 12.9. The maximum Gasteiger partial charge on any atom is 0.477 e. The van der Waals surface area contributed by atoms with Crippen LogP contribution in [0.25, 0.3) is 0 Å². The topological polar surface area (TPSA) is 243 Å². The number of aliphatic hydroxyl groups is 4. The van der Waals surface area contributed by atoms with Gasteiger partial charge in [0.1, 0.15) is 11.5 Å². The summed E-state index contributed by atoms with van der Waals surface area (Å²) in [7, 11) is -21.2. The van der Waals surface area contributed by atoms with E-state index >= 15 is 0 Å². The van der Waals surface area contributed by atoms with Gasteiger partial charge in [0, 0.05) is 22.0 Å². The molecule has 2 aromatic carbocycles. The molecule has 15 heteroatoms. The number of benzene rings is 2. The van der Waals surface area contributed by atoms with Gasteiger partial charge in [-0.2, -0.15) is 29.4 Å². The Kier molecular flexibility index (Phi) is 14.7. The lowest BCUT2D eigenvalue weighted by atomic mass is 9.81. The minimum Gasteiger partial charge on any atom is -0.507 e. The number of phenols is 2. The van der Waals surface area contributed by atoms with Crippen LogP contribution in [0.4, 0.5) is 0 Å². The number of phenolic OH excluding ortho intramolecular Hbond substituents is 2. The van der Waals surface area contributed by atoms with Crippen molar-refractivity contribution in [1.29, 1.82) is 0 Å². The summed E-state index contributed by atoms with van der Waals surface area (Å²) < 4.78 is 0. The smallest absolute Gasteiger partial charge is 0.477 e. The van der Waals surface area contributed by atoms with E-state index in [0.717, 1.165) is 12.1 Å². The van der Waals surface area contributed by atoms with Crippen LogP contribution in [0.3, 0.4) is 0 Å². The van der Waals surface area contributed by atoms with Gasteiger partial charge in [-0.05, 0) is 85.8 Å². The van der Waals surface area contributed by atoms with E-state index in [9.17, 15) is 60.0 Å². The summed E-state index contributed by atoms with van der Waals surface area (Å²) in [4.78, 5) is 77.3. The SMILES string of the molecule is CCCCC(CC)(CO)C(O)S(c1cc(C)c(O)c(C(C)(C)C)c1)(c1cc(C)c(O)c(C(C)(C)C)c1)(C(O)C(CC)(CO)CCCC)([P+](O)(O)O)[P+](O)(O)O. The summed E-state index contributed by atoms with van der Waals surface area (Å²) in [5, 5.41) is 74.5. The Balaban J connectivity index is 4.22. The van der Waals surface area contributed by atoms with E-state index in [0.29, 0.717) is 12.8 Å². The van der Waals surface area contributed by atoms with Gasteiger partial charge in [0.05, 0.1) is 30.5 Å². The van der Waals surface area contributed by atoms with Gasteiger partial charge in [-0.1, -0.05) is 94.9 Å². The second-order valence-electron chi connectivity index (χ2n) is 18.0. The largest absolute Gasteiger partial charge is 0.507 e. The molecule has 2 aromatic rings. The van der Waals surface area contributed by atoms with E-state index in [4.69, 9.17) is 0 Å². The molecule has 12 N–H and O–H groups in total. The molecule has 4 atom stereocenters. The lowest BCUT2D eigenvalue weighted by molar-refractivity contribution is -0.00562. The van der Waals surface area contributed by atoms with Crippen molar-refractivity contribution in [2.45, 2.75) is 166 Å². The molecule has 55 heavy (non-hydrogen) atoms. The summed E-state index contributed by atoms with van der Waals surface area (Å²) in [6, 6.07) is 4.61. The third-order valence-corrected chi connectivity index (χ3v) is 38.0. The molecule has 0 amide bonds. The molecule has 2 rings (SSSR count). The summed E-state index contributed by atoms with van der Waals surface area (Å²) in [6.45, 7) is 18.1. The quantitative estimate of drug-likeness (QED) is 0.0646. The van der Waals surface area contributed by atoms with E-state index < -0.39 is 77.4 Å². The Morgan fingerprint density at radius 3 is 1.05 bits per heavy atom. The number of rotatable bonds is 18. The van der Waals surface area contributed by atoms with Crippen molar-refractivity contribution in [3.05, 3.63) is 46.5 Å². The van der Waals surface area contributed by atoms with E-state index in [1.165, 1.54) is 26.0 Å². The zero-order chi connectivity index (χ0) is 43.1. The summed E-state index contributed by atoms with van der Waals surface area (Å²) in [5.41, 5.74) is -11.5. The number of hydrogen-bond acceptors (Lipinski definition) is 12. The minimum atomic E-state index is -8.02. The molecular weight excluding hydrogens is 766 g/mol. The maximum absolute atomic E-state index is 14.1. The van der Waals surface area contributed by atoms with Crippen molar-refractivity contribution in [3.8, 4) is 11.5 Å². The highest BCUT2D eigenvalue weighted by atomic mass is 33.2. The van der Waals surface area contributed by atoms with Crippen LogP contribution in [-0.2, 0) is 10.8 Å². The third kappa shape index (κ3) is 6.34. The predicted octanol–water partition coefficient (Wildman–Crippen LogP) is 7.71. The van der Waals surface area contributed by atoms with Gasteiger partial charge in [0.2, 0.25) is 0 Å². The van der Waals surface area contributed by atoms with Crippen LogP contribution < -0.4 is 0 Å². The second kappa shape index (κ2) is 16.1. The van der Waals surface area contributed by atoms with E-state index in [2.05, 4.69) is 0 Å². The van der Waals surface area contributed by atoms with Gasteiger partial charge in [-0.25, -0.2) is 0 Å². The number of hydrogen-bond donors (Lipinski definition) is 12. The monoisotopic (exact) mass is 840 g/mol. The van der Waals surface area contributed by atoms with Gasteiger partial charge in [-0.3, -0.25) is 0 Å². The fraction of sp³-hybridized carbons (Fsp3) is 0.700. The van der Waals surface area contributed by atoms with Gasteiger partial charge in [0.25, 0.3) is 0 Å². The Morgan fingerprint density at radius 1 is 0.564 bits per heavy atom. The van der Waals surface area contributed by atoms with E-state index in [1.807, 2.05) is 13.8 Å². The van der Waals surface area contributed by atoms with Crippen LogP contribution in [-0.4, -0.2) is 84.1 Å². The highest BCUT2D eigenvalue weighted by Crippen LogP contribution is 3.34. The Labute approximate surface area is 328 Å². The summed E-state index contributed by atoms with van der Waals surface area (Å²) in [5.74, 6) is -0.579. The van der Waals surface area contributed by atoms with Crippen LogP contribution in [0.5, 0.6) is 11.5 Å². The van der Waals surface area contributed by atoms with Gasteiger partial charge >= 0.3 is 14.3 Å². The molecule has 0 saturated heterocycles. The Morgan fingerprint density at radius 2 is 0.855 bits per heavy atom. The van der Waals surface area contributed by atoms with Crippen molar-refractivity contribution in [1.82, 2.24) is 0 Å². The first kappa shape index (κ1) is 50.0. The Bertz CT molecular complexity index is 1540. The Hall–Kier alpha value is -1.15. The number of aryl methyl sites for hydroxylation is 2. The van der Waals surface area contributed by atoms with E-state index in [1.54, 1.807) is 55.4 Å². The molecule has 0 aliphatic carbocycles. The minimum absolute atomic E-state index is 0.000389. The standard InChI is InChI=1S/C40H72O12P2S/c1-13-17-19-39(15-3,25-41)35(45)55(53(47,48)49,54(50,51)52,36(46)40(16-4,26-42)20-18-14-2,29-21-27(5)33(43)31(23-29)37(7,8)9)30-22-28(6)34(44)32(24-30)38(10,11)12/h21-24,35-36,41-42,45-52H,13-20,25-26H2,1-12H3/p+2. The van der Waals surface area contributed by atoms with Crippen LogP contribution in [0.15, 0.2) is 34.1 Å². The highest BCUT2D eigenvalue weighted by molar-refractivity contribution is 9.25. The molecular formula is C40H74O12P2S+2. The lowest BCUT2D eigenvalue weighted by Crippen LogP contribution is -2.66. The molecule has 0 heterocycles. The van der Waals surface area contributed by atoms with Crippen LogP contribution >= 0.6 is 21.8 Å². The molecule has 0 saturated carbocycles. The number of unbranched alkanes of at least 4 members (excludes halogenated alkanes) is 2. The van der Waals surface area contributed by atoms with Crippen molar-refractivity contribution >= 4 is 21.8 Å². The molecule has 0 spiro atoms. The summed E-state index contributed by atoms with van der Waals surface area (Å²) >= 11 is 0. The van der Waals surface area contributed by atoms with Crippen LogP contribution in [0, 0.1) is 24.7 Å². The number of aliphatic hydroxyl groups excluding tert-OH is 4. The van der Waals surface area contributed by atoms with Gasteiger partial charge < -0.3 is 30.6 Å². The fourth-order valence-electron chi connectivity index (χ4n) is 9.04. The number of aromatic hydroxyl groups is 2. The molecule has 0 aliphatic heterocycles. The zero-order valence-corrected chi connectivity index (χ0v) is 37.8. The van der Waals surface area contributed by atoms with Gasteiger partial charge in [-0.15, -0.1) is 0 Å². The first-order valence-electron chi connectivity index (χ1n) is 19.4. The van der Waals surface area contributed by atoms with Crippen molar-refractivity contribution in [2.75, 3.05) is 13.2 Å². The molecule has 12 nitrogen and oxygen atoms in total. The van der Waals surface area contributed by atoms with Crippen LogP contribution in [0.1, 0.15) is 143 Å². The van der Waals surface area contributed by atoms with Gasteiger partial charge in [0.15, 0.2) is 10.9 Å². The summed E-state index contributed by atoms with van der Waals surface area (Å²) in [6.07, 6.45) is 0.926. The normalized spacial score (nSPS) is 18.2. The molecule has 0 fully saturated rings. The molecule has 0 aromatic heterocycles. The molecule has 0 bridgehead atoms. The first-order chi connectivity index (χ1) is 24.9. The molecule has 320 valence electrons. The fourth-order valence-corrected chi connectivity index (χ4v) is 32.2. The van der Waals surface area contributed by atoms with Crippen molar-refractivity contribution in [3.63, 3.8) is 0 Å². The maximum atomic E-state index is 14.1. The van der Waals surface area contributed by atoms with Crippen molar-refractivity contribution in [2.24, 2.45) is 10.8 Å². The van der Waals surface area contributed by atoms with E-state index in [-0.39, 0.29) is 72.3 Å². The highest BCUT2D eigenvalue weighted by Gasteiger charge is 3.07. The average molecular weight is 841 g/mol. The molecule has 0 radical (unpaired) electrons. The second-order valence-corrected chi connectivity index (χ2v) is 34.7. The van der Waals surface area contributed by atoms with Crippen molar-refractivity contribution < 1.29 is 60.0 Å².